The standard InChI is InChI=1S/C15H22N2O2/c18-15-12-13(6-4-9-17-15)16-10-5-11-19-14-7-2-1-3-8-14/h1-3,7-8,13,16H,4-6,9-12H2,(H,17,18). The molecule has 1 aliphatic heterocycles. The van der Waals surface area contributed by atoms with Crippen molar-refractivity contribution in [2.45, 2.75) is 31.7 Å². The van der Waals surface area contributed by atoms with E-state index in [1.165, 1.54) is 0 Å². The number of ether oxygens (including phenoxy) is 1. The number of carbonyl (C=O) groups excluding carboxylic acids is 1. The predicted octanol–water partition coefficient (Wildman–Crippen LogP) is 1.71. The van der Waals surface area contributed by atoms with Gasteiger partial charge in [-0.05, 0) is 37.9 Å². The van der Waals surface area contributed by atoms with Crippen LogP contribution in [0.1, 0.15) is 25.7 Å². The third kappa shape index (κ3) is 5.30. The molecule has 0 aromatic heterocycles. The molecule has 19 heavy (non-hydrogen) atoms. The van der Waals surface area contributed by atoms with Gasteiger partial charge < -0.3 is 15.4 Å². The van der Waals surface area contributed by atoms with Gasteiger partial charge in [-0.3, -0.25) is 4.79 Å². The largest absolute Gasteiger partial charge is 0.494 e. The van der Waals surface area contributed by atoms with E-state index in [1.807, 2.05) is 30.3 Å². The summed E-state index contributed by atoms with van der Waals surface area (Å²) in [5.74, 6) is 1.08. The van der Waals surface area contributed by atoms with Gasteiger partial charge in [0.2, 0.25) is 5.91 Å². The van der Waals surface area contributed by atoms with E-state index in [4.69, 9.17) is 4.74 Å². The van der Waals surface area contributed by atoms with Crippen molar-refractivity contribution < 1.29 is 9.53 Å². The molecule has 1 aromatic rings. The highest BCUT2D eigenvalue weighted by molar-refractivity contribution is 5.76. The highest BCUT2D eigenvalue weighted by Gasteiger charge is 2.16. The van der Waals surface area contributed by atoms with E-state index in [1.54, 1.807) is 0 Å². The fraction of sp³-hybridized carbons (Fsp3) is 0.533. The molecule has 0 spiro atoms. The van der Waals surface area contributed by atoms with Crippen LogP contribution in [0.3, 0.4) is 0 Å². The molecule has 1 atom stereocenters. The van der Waals surface area contributed by atoms with Crippen molar-refractivity contribution in [3.05, 3.63) is 30.3 Å². The summed E-state index contributed by atoms with van der Waals surface area (Å²) in [4.78, 5) is 11.4. The topological polar surface area (TPSA) is 50.4 Å². The number of benzene rings is 1. The Kier molecular flexibility index (Phi) is 5.69. The minimum Gasteiger partial charge on any atom is -0.494 e. The molecule has 1 unspecified atom stereocenters. The van der Waals surface area contributed by atoms with Crippen LogP contribution in [0, 0.1) is 0 Å². The summed E-state index contributed by atoms with van der Waals surface area (Å²) in [5, 5.41) is 6.33. The fourth-order valence-electron chi connectivity index (χ4n) is 2.23. The summed E-state index contributed by atoms with van der Waals surface area (Å²) in [5.41, 5.74) is 0. The lowest BCUT2D eigenvalue weighted by atomic mass is 10.1. The van der Waals surface area contributed by atoms with Gasteiger partial charge in [0, 0.05) is 19.0 Å². The third-order valence-corrected chi connectivity index (χ3v) is 3.25. The SMILES string of the molecule is O=C1CC(NCCCOc2ccccc2)CCCN1. The van der Waals surface area contributed by atoms with Gasteiger partial charge in [-0.1, -0.05) is 18.2 Å². The molecule has 4 heteroatoms. The smallest absolute Gasteiger partial charge is 0.221 e. The van der Waals surface area contributed by atoms with Crippen LogP contribution in [-0.2, 0) is 4.79 Å². The van der Waals surface area contributed by atoms with Gasteiger partial charge in [-0.2, -0.15) is 0 Å². The maximum atomic E-state index is 11.4. The third-order valence-electron chi connectivity index (χ3n) is 3.25. The second-order valence-corrected chi connectivity index (χ2v) is 4.86. The summed E-state index contributed by atoms with van der Waals surface area (Å²) >= 11 is 0. The molecule has 1 heterocycles. The van der Waals surface area contributed by atoms with Crippen molar-refractivity contribution in [2.24, 2.45) is 0 Å². The van der Waals surface area contributed by atoms with Crippen LogP contribution < -0.4 is 15.4 Å². The van der Waals surface area contributed by atoms with Crippen LogP contribution in [0.2, 0.25) is 0 Å². The lowest BCUT2D eigenvalue weighted by molar-refractivity contribution is -0.121. The van der Waals surface area contributed by atoms with Crippen LogP contribution >= 0.6 is 0 Å². The van der Waals surface area contributed by atoms with E-state index in [-0.39, 0.29) is 5.91 Å². The quantitative estimate of drug-likeness (QED) is 0.767. The number of carbonyl (C=O) groups is 1. The lowest BCUT2D eigenvalue weighted by Gasteiger charge is -2.15. The van der Waals surface area contributed by atoms with Gasteiger partial charge in [0.05, 0.1) is 6.61 Å². The Morgan fingerprint density at radius 1 is 1.32 bits per heavy atom. The van der Waals surface area contributed by atoms with Crippen molar-refractivity contribution in [2.75, 3.05) is 19.7 Å². The number of hydrogen-bond acceptors (Lipinski definition) is 3. The zero-order valence-corrected chi connectivity index (χ0v) is 11.2. The highest BCUT2D eigenvalue weighted by atomic mass is 16.5. The number of amides is 1. The average Bonchev–Trinajstić information content (AvgIpc) is 2.64. The van der Waals surface area contributed by atoms with E-state index in [2.05, 4.69) is 10.6 Å². The van der Waals surface area contributed by atoms with Gasteiger partial charge in [-0.25, -0.2) is 0 Å². The molecule has 1 fully saturated rings. The molecule has 0 aliphatic carbocycles. The monoisotopic (exact) mass is 262 g/mol. The number of nitrogens with one attached hydrogen (secondary N) is 2. The van der Waals surface area contributed by atoms with Gasteiger partial charge in [0.25, 0.3) is 0 Å². The molecular formula is C15H22N2O2. The Hall–Kier alpha value is -1.55. The second-order valence-electron chi connectivity index (χ2n) is 4.86. The van der Waals surface area contributed by atoms with Crippen LogP contribution in [0.15, 0.2) is 30.3 Å². The minimum absolute atomic E-state index is 0.163. The first-order valence-electron chi connectivity index (χ1n) is 7.02. The summed E-state index contributed by atoms with van der Waals surface area (Å²) in [6.07, 6.45) is 3.68. The van der Waals surface area contributed by atoms with Gasteiger partial charge >= 0.3 is 0 Å². The molecule has 1 aliphatic rings. The number of rotatable bonds is 6. The molecule has 1 aromatic carbocycles. The van der Waals surface area contributed by atoms with Crippen molar-refractivity contribution >= 4 is 5.91 Å². The summed E-state index contributed by atoms with van der Waals surface area (Å²) < 4.78 is 5.62. The number of para-hydroxylation sites is 1. The van der Waals surface area contributed by atoms with Crippen LogP contribution in [0.25, 0.3) is 0 Å². The second kappa shape index (κ2) is 7.79. The van der Waals surface area contributed by atoms with E-state index in [0.717, 1.165) is 38.1 Å². The zero-order valence-electron chi connectivity index (χ0n) is 11.2. The Morgan fingerprint density at radius 2 is 2.16 bits per heavy atom. The molecular weight excluding hydrogens is 240 g/mol. The highest BCUT2D eigenvalue weighted by Crippen LogP contribution is 2.09. The minimum atomic E-state index is 0.163. The Labute approximate surface area is 114 Å². The van der Waals surface area contributed by atoms with Crippen LogP contribution in [-0.4, -0.2) is 31.6 Å². The molecule has 1 amide bonds. The molecule has 1 saturated heterocycles. The first-order valence-corrected chi connectivity index (χ1v) is 7.02. The van der Waals surface area contributed by atoms with Crippen molar-refractivity contribution in [3.63, 3.8) is 0 Å². The summed E-state index contributed by atoms with van der Waals surface area (Å²) in [6.45, 7) is 2.41. The molecule has 2 N–H and O–H groups in total. The van der Waals surface area contributed by atoms with E-state index < -0.39 is 0 Å². The normalized spacial score (nSPS) is 19.6. The first-order chi connectivity index (χ1) is 9.34. The molecule has 104 valence electrons. The fourth-order valence-corrected chi connectivity index (χ4v) is 2.23. The van der Waals surface area contributed by atoms with Crippen LogP contribution in [0.5, 0.6) is 5.75 Å². The van der Waals surface area contributed by atoms with Gasteiger partial charge in [0.15, 0.2) is 0 Å². The predicted molar refractivity (Wildman–Crippen MR) is 75.2 cm³/mol. The number of hydrogen-bond donors (Lipinski definition) is 2. The van der Waals surface area contributed by atoms with Crippen molar-refractivity contribution in [3.8, 4) is 5.75 Å². The Morgan fingerprint density at radius 3 is 3.00 bits per heavy atom. The van der Waals surface area contributed by atoms with Crippen molar-refractivity contribution in [1.82, 2.24) is 10.6 Å². The summed E-state index contributed by atoms with van der Waals surface area (Å²) in [7, 11) is 0. The molecule has 2 rings (SSSR count). The van der Waals surface area contributed by atoms with Crippen molar-refractivity contribution in [1.29, 1.82) is 0 Å². The van der Waals surface area contributed by atoms with E-state index >= 15 is 0 Å². The molecule has 0 bridgehead atoms. The van der Waals surface area contributed by atoms with Gasteiger partial charge in [-0.15, -0.1) is 0 Å². The maximum Gasteiger partial charge on any atom is 0.221 e. The molecule has 0 saturated carbocycles. The van der Waals surface area contributed by atoms with E-state index in [0.29, 0.717) is 19.1 Å². The Balaban J connectivity index is 1.57. The maximum absolute atomic E-state index is 11.4. The lowest BCUT2D eigenvalue weighted by Crippen LogP contribution is -2.33. The molecule has 4 nitrogen and oxygen atoms in total. The Bertz CT molecular complexity index is 381. The van der Waals surface area contributed by atoms with Gasteiger partial charge in [0.1, 0.15) is 5.75 Å². The average molecular weight is 262 g/mol. The van der Waals surface area contributed by atoms with Crippen LogP contribution in [0.4, 0.5) is 0 Å². The zero-order chi connectivity index (χ0) is 13.3. The first kappa shape index (κ1) is 13.9. The molecule has 0 radical (unpaired) electrons. The summed E-state index contributed by atoms with van der Waals surface area (Å²) in [6, 6.07) is 10.2. The van der Waals surface area contributed by atoms with E-state index in [9.17, 15) is 4.79 Å².